The molecule has 11 heavy (non-hydrogen) atoms. The minimum absolute atomic E-state index is 0.385. The summed E-state index contributed by atoms with van der Waals surface area (Å²) < 4.78 is 2.50. The van der Waals surface area contributed by atoms with Crippen LogP contribution in [-0.4, -0.2) is 14.9 Å². The third-order valence-corrected chi connectivity index (χ3v) is 2.72. The molecule has 0 atom stereocenters. The highest BCUT2D eigenvalue weighted by molar-refractivity contribution is 14.1. The first-order valence-electron chi connectivity index (χ1n) is 3.61. The molecule has 0 spiro atoms. The van der Waals surface area contributed by atoms with Gasteiger partial charge < -0.3 is 5.11 Å². The van der Waals surface area contributed by atoms with Crippen molar-refractivity contribution in [3.8, 4) is 5.75 Å². The lowest BCUT2D eigenvalue weighted by Crippen LogP contribution is -1.95. The Hall–Kier alpha value is -0.260. The van der Waals surface area contributed by atoms with E-state index in [-0.39, 0.29) is 0 Å². The van der Waals surface area contributed by atoms with Crippen molar-refractivity contribution in [3.05, 3.63) is 9.39 Å². The van der Waals surface area contributed by atoms with E-state index in [2.05, 4.69) is 5.10 Å². The highest BCUT2D eigenvalue weighted by Crippen LogP contribution is 2.44. The standard InChI is InChI=1S/C7H9IN2O/c1-10-5(4-2-3-4)6(11)7(8)9-10/h4,11H,2-3H2,1H3. The number of aromatic nitrogens is 2. The van der Waals surface area contributed by atoms with E-state index in [1.165, 1.54) is 12.8 Å². The van der Waals surface area contributed by atoms with E-state index >= 15 is 0 Å². The number of aromatic hydroxyl groups is 1. The fourth-order valence-corrected chi connectivity index (χ4v) is 1.91. The van der Waals surface area contributed by atoms with Crippen LogP contribution in [0.4, 0.5) is 0 Å². The molecule has 1 N–H and O–H groups in total. The summed E-state index contributed by atoms with van der Waals surface area (Å²) in [6.07, 6.45) is 2.40. The van der Waals surface area contributed by atoms with Crippen LogP contribution in [0.5, 0.6) is 5.75 Å². The predicted octanol–water partition coefficient (Wildman–Crippen LogP) is 1.61. The SMILES string of the molecule is Cn1nc(I)c(O)c1C1CC1. The van der Waals surface area contributed by atoms with Crippen molar-refractivity contribution in [2.75, 3.05) is 0 Å². The summed E-state index contributed by atoms with van der Waals surface area (Å²) in [4.78, 5) is 0. The summed E-state index contributed by atoms with van der Waals surface area (Å²) in [7, 11) is 1.88. The molecular weight excluding hydrogens is 255 g/mol. The molecule has 0 unspecified atom stereocenters. The lowest BCUT2D eigenvalue weighted by molar-refractivity contribution is 0.462. The van der Waals surface area contributed by atoms with Crippen LogP contribution in [0.2, 0.25) is 0 Å². The van der Waals surface area contributed by atoms with Crippen LogP contribution < -0.4 is 0 Å². The van der Waals surface area contributed by atoms with Gasteiger partial charge >= 0.3 is 0 Å². The third-order valence-electron chi connectivity index (χ3n) is 1.99. The zero-order valence-electron chi connectivity index (χ0n) is 6.21. The minimum Gasteiger partial charge on any atom is -0.504 e. The molecule has 0 bridgehead atoms. The molecule has 60 valence electrons. The zero-order valence-corrected chi connectivity index (χ0v) is 8.37. The minimum atomic E-state index is 0.385. The summed E-state index contributed by atoms with van der Waals surface area (Å²) in [5.41, 5.74) is 1.01. The smallest absolute Gasteiger partial charge is 0.171 e. The van der Waals surface area contributed by atoms with Crippen LogP contribution in [0.15, 0.2) is 0 Å². The van der Waals surface area contributed by atoms with E-state index in [1.54, 1.807) is 4.68 Å². The molecule has 1 fully saturated rings. The molecule has 4 heteroatoms. The van der Waals surface area contributed by atoms with Gasteiger partial charge in [-0.25, -0.2) is 0 Å². The van der Waals surface area contributed by atoms with Gasteiger partial charge in [-0.05, 0) is 35.4 Å². The summed E-state index contributed by atoms with van der Waals surface area (Å²) in [6.45, 7) is 0. The lowest BCUT2D eigenvalue weighted by atomic mass is 10.3. The van der Waals surface area contributed by atoms with Crippen LogP contribution >= 0.6 is 22.6 Å². The van der Waals surface area contributed by atoms with Gasteiger partial charge in [0.05, 0.1) is 5.69 Å². The Morgan fingerprint density at radius 2 is 2.27 bits per heavy atom. The first kappa shape index (κ1) is 7.39. The van der Waals surface area contributed by atoms with Crippen molar-refractivity contribution in [2.24, 2.45) is 7.05 Å². The Balaban J connectivity index is 2.50. The van der Waals surface area contributed by atoms with Crippen molar-refractivity contribution in [1.82, 2.24) is 9.78 Å². The van der Waals surface area contributed by atoms with Crippen molar-refractivity contribution in [2.45, 2.75) is 18.8 Å². The molecule has 1 aliphatic carbocycles. The highest BCUT2D eigenvalue weighted by Gasteiger charge is 2.30. The van der Waals surface area contributed by atoms with E-state index in [9.17, 15) is 5.11 Å². The van der Waals surface area contributed by atoms with Crippen LogP contribution in [-0.2, 0) is 7.05 Å². The fraction of sp³-hybridized carbons (Fsp3) is 0.571. The molecule has 0 aromatic carbocycles. The molecule has 0 aliphatic heterocycles. The Labute approximate surface area is 78.5 Å². The normalized spacial score (nSPS) is 17.3. The fourth-order valence-electron chi connectivity index (χ4n) is 1.31. The molecule has 0 saturated heterocycles. The highest BCUT2D eigenvalue weighted by atomic mass is 127. The largest absolute Gasteiger partial charge is 0.504 e. The number of hydrogen-bond donors (Lipinski definition) is 1. The Morgan fingerprint density at radius 1 is 1.64 bits per heavy atom. The Morgan fingerprint density at radius 3 is 2.64 bits per heavy atom. The molecule has 0 amide bonds. The molecule has 0 radical (unpaired) electrons. The lowest BCUT2D eigenvalue weighted by Gasteiger charge is -1.97. The van der Waals surface area contributed by atoms with E-state index < -0.39 is 0 Å². The molecule has 1 aromatic rings. The van der Waals surface area contributed by atoms with E-state index in [0.29, 0.717) is 15.4 Å². The second kappa shape index (κ2) is 2.36. The molecule has 3 nitrogen and oxygen atoms in total. The number of nitrogens with zero attached hydrogens (tertiary/aromatic N) is 2. The predicted molar refractivity (Wildman–Crippen MR) is 49.6 cm³/mol. The maximum atomic E-state index is 9.54. The molecule has 1 aliphatic rings. The molecule has 1 saturated carbocycles. The van der Waals surface area contributed by atoms with Crippen molar-refractivity contribution in [1.29, 1.82) is 0 Å². The van der Waals surface area contributed by atoms with Crippen molar-refractivity contribution in [3.63, 3.8) is 0 Å². The van der Waals surface area contributed by atoms with Gasteiger partial charge in [-0.1, -0.05) is 0 Å². The maximum Gasteiger partial charge on any atom is 0.171 e. The Kier molecular flexibility index (Phi) is 1.59. The first-order chi connectivity index (χ1) is 5.20. The van der Waals surface area contributed by atoms with Gasteiger partial charge in [-0.2, -0.15) is 5.10 Å². The zero-order chi connectivity index (χ0) is 8.01. The van der Waals surface area contributed by atoms with E-state index in [0.717, 1.165) is 5.69 Å². The van der Waals surface area contributed by atoms with Crippen LogP contribution in [0.1, 0.15) is 24.5 Å². The van der Waals surface area contributed by atoms with Gasteiger partial charge in [0.1, 0.15) is 0 Å². The molecular formula is C7H9IN2O. The van der Waals surface area contributed by atoms with Crippen molar-refractivity contribution >= 4 is 22.6 Å². The molecule has 1 aromatic heterocycles. The summed E-state index contributed by atoms with van der Waals surface area (Å²) in [6, 6.07) is 0. The second-order valence-corrected chi connectivity index (χ2v) is 3.94. The van der Waals surface area contributed by atoms with Crippen LogP contribution in [0.25, 0.3) is 0 Å². The van der Waals surface area contributed by atoms with E-state index in [4.69, 9.17) is 0 Å². The number of halogens is 1. The van der Waals surface area contributed by atoms with Gasteiger partial charge in [0, 0.05) is 13.0 Å². The van der Waals surface area contributed by atoms with Gasteiger partial charge in [0.2, 0.25) is 0 Å². The Bertz CT molecular complexity index is 291. The molecule has 2 rings (SSSR count). The van der Waals surface area contributed by atoms with Crippen LogP contribution in [0.3, 0.4) is 0 Å². The van der Waals surface area contributed by atoms with Gasteiger partial charge in [0.25, 0.3) is 0 Å². The number of aryl methyl sites for hydroxylation is 1. The monoisotopic (exact) mass is 264 g/mol. The first-order valence-corrected chi connectivity index (χ1v) is 4.69. The summed E-state index contributed by atoms with van der Waals surface area (Å²) >= 11 is 2.05. The number of rotatable bonds is 1. The average Bonchev–Trinajstić information content (AvgIpc) is 2.68. The van der Waals surface area contributed by atoms with Crippen LogP contribution in [0, 0.1) is 3.70 Å². The van der Waals surface area contributed by atoms with Gasteiger partial charge in [0.15, 0.2) is 9.45 Å². The summed E-state index contributed by atoms with van der Waals surface area (Å²) in [5, 5.41) is 13.7. The third kappa shape index (κ3) is 1.13. The van der Waals surface area contributed by atoms with Crippen molar-refractivity contribution < 1.29 is 5.11 Å². The maximum absolute atomic E-state index is 9.54. The summed E-state index contributed by atoms with van der Waals surface area (Å²) in [5.74, 6) is 0.951. The second-order valence-electron chi connectivity index (χ2n) is 2.92. The topological polar surface area (TPSA) is 38.0 Å². The van der Waals surface area contributed by atoms with Gasteiger partial charge in [-0.3, -0.25) is 4.68 Å². The quantitative estimate of drug-likeness (QED) is 0.782. The van der Waals surface area contributed by atoms with Gasteiger partial charge in [-0.15, -0.1) is 0 Å². The number of hydrogen-bond acceptors (Lipinski definition) is 2. The molecule has 1 heterocycles. The average molecular weight is 264 g/mol. The van der Waals surface area contributed by atoms with E-state index in [1.807, 2.05) is 29.6 Å².